The number of aromatic nitrogens is 4. The van der Waals surface area contributed by atoms with Gasteiger partial charge in [-0.3, -0.25) is 9.55 Å². The standard InChI is InChI=1S/C20H13FN4O/c1-12-6-7-17(26-12)19-18(21)20(13-4-2-3-5-14(13)24-19)25-11-23-15-10-22-9-8-16(15)25/h2-11H,1H3. The fourth-order valence-electron chi connectivity index (χ4n) is 3.17. The average Bonchev–Trinajstić information content (AvgIpc) is 3.28. The first-order chi connectivity index (χ1) is 12.7. The first kappa shape index (κ1) is 14.8. The van der Waals surface area contributed by atoms with Gasteiger partial charge in [0, 0.05) is 11.6 Å². The lowest BCUT2D eigenvalue weighted by Gasteiger charge is -2.12. The number of halogens is 1. The van der Waals surface area contributed by atoms with Crippen LogP contribution in [0.15, 0.2) is 65.6 Å². The lowest BCUT2D eigenvalue weighted by atomic mass is 10.1. The lowest BCUT2D eigenvalue weighted by molar-refractivity contribution is 0.537. The van der Waals surface area contributed by atoms with Crippen molar-refractivity contribution in [3.8, 4) is 17.1 Å². The molecular weight excluding hydrogens is 331 g/mol. The molecule has 0 radical (unpaired) electrons. The molecule has 0 aliphatic rings. The van der Waals surface area contributed by atoms with E-state index in [2.05, 4.69) is 15.0 Å². The van der Waals surface area contributed by atoms with Gasteiger partial charge in [0.1, 0.15) is 23.3 Å². The first-order valence-electron chi connectivity index (χ1n) is 8.15. The van der Waals surface area contributed by atoms with Gasteiger partial charge in [0.25, 0.3) is 0 Å². The minimum absolute atomic E-state index is 0.183. The van der Waals surface area contributed by atoms with Crippen LogP contribution >= 0.6 is 0 Å². The molecule has 5 rings (SSSR count). The van der Waals surface area contributed by atoms with Crippen LogP contribution in [-0.4, -0.2) is 19.5 Å². The molecule has 26 heavy (non-hydrogen) atoms. The van der Waals surface area contributed by atoms with Crippen LogP contribution in [0, 0.1) is 12.7 Å². The van der Waals surface area contributed by atoms with Crippen LogP contribution < -0.4 is 0 Å². The van der Waals surface area contributed by atoms with E-state index < -0.39 is 5.82 Å². The fraction of sp³-hybridized carbons (Fsp3) is 0.0500. The van der Waals surface area contributed by atoms with Crippen LogP contribution in [-0.2, 0) is 0 Å². The summed E-state index contributed by atoms with van der Waals surface area (Å²) < 4.78 is 23.0. The molecule has 0 bridgehead atoms. The van der Waals surface area contributed by atoms with Crippen LogP contribution in [0.2, 0.25) is 0 Å². The molecule has 0 atom stereocenters. The maximum Gasteiger partial charge on any atom is 0.177 e. The predicted molar refractivity (Wildman–Crippen MR) is 96.6 cm³/mol. The van der Waals surface area contributed by atoms with Gasteiger partial charge in [-0.1, -0.05) is 18.2 Å². The third-order valence-electron chi connectivity index (χ3n) is 4.37. The monoisotopic (exact) mass is 344 g/mol. The topological polar surface area (TPSA) is 56.7 Å². The van der Waals surface area contributed by atoms with E-state index in [9.17, 15) is 0 Å². The number of nitrogens with zero attached hydrogens (tertiary/aromatic N) is 4. The van der Waals surface area contributed by atoms with Gasteiger partial charge in [-0.25, -0.2) is 14.4 Å². The highest BCUT2D eigenvalue weighted by Gasteiger charge is 2.21. The highest BCUT2D eigenvalue weighted by Crippen LogP contribution is 2.33. The summed E-state index contributed by atoms with van der Waals surface area (Å²) in [7, 11) is 0. The highest BCUT2D eigenvalue weighted by atomic mass is 19.1. The Hall–Kier alpha value is -3.54. The number of fused-ring (bicyclic) bond motifs is 2. The Labute approximate surface area is 147 Å². The molecule has 4 aromatic heterocycles. The van der Waals surface area contributed by atoms with Gasteiger partial charge in [0.2, 0.25) is 0 Å². The molecule has 0 unspecified atom stereocenters. The zero-order valence-electron chi connectivity index (χ0n) is 13.8. The van der Waals surface area contributed by atoms with E-state index >= 15 is 4.39 Å². The molecule has 0 spiro atoms. The second-order valence-electron chi connectivity index (χ2n) is 6.03. The number of imidazole rings is 1. The Balaban J connectivity index is 1.90. The van der Waals surface area contributed by atoms with Crippen molar-refractivity contribution < 1.29 is 8.81 Å². The molecule has 0 fully saturated rings. The zero-order valence-corrected chi connectivity index (χ0v) is 13.8. The van der Waals surface area contributed by atoms with Crippen molar-refractivity contribution >= 4 is 21.9 Å². The van der Waals surface area contributed by atoms with Crippen molar-refractivity contribution in [3.05, 3.63) is 72.8 Å². The second-order valence-corrected chi connectivity index (χ2v) is 6.03. The van der Waals surface area contributed by atoms with E-state index in [1.165, 1.54) is 0 Å². The van der Waals surface area contributed by atoms with Gasteiger partial charge < -0.3 is 4.42 Å². The van der Waals surface area contributed by atoms with E-state index in [4.69, 9.17) is 4.42 Å². The second kappa shape index (κ2) is 5.49. The van der Waals surface area contributed by atoms with Gasteiger partial charge in [0.15, 0.2) is 11.6 Å². The number of hydrogen-bond acceptors (Lipinski definition) is 4. The maximum absolute atomic E-state index is 15.6. The quantitative estimate of drug-likeness (QED) is 0.467. The molecule has 0 saturated heterocycles. The minimum atomic E-state index is -0.450. The van der Waals surface area contributed by atoms with Gasteiger partial charge in [-0.15, -0.1) is 0 Å². The van der Waals surface area contributed by atoms with Crippen LogP contribution in [0.5, 0.6) is 0 Å². The largest absolute Gasteiger partial charge is 0.460 e. The van der Waals surface area contributed by atoms with Crippen LogP contribution in [0.1, 0.15) is 5.76 Å². The molecule has 0 aliphatic carbocycles. The third kappa shape index (κ3) is 2.12. The van der Waals surface area contributed by atoms with Crippen molar-refractivity contribution in [1.29, 1.82) is 0 Å². The van der Waals surface area contributed by atoms with Gasteiger partial charge in [-0.2, -0.15) is 0 Å². The van der Waals surface area contributed by atoms with Crippen LogP contribution in [0.4, 0.5) is 4.39 Å². The summed E-state index contributed by atoms with van der Waals surface area (Å²) in [6, 6.07) is 12.8. The molecule has 4 heterocycles. The van der Waals surface area contributed by atoms with Crippen LogP contribution in [0.25, 0.3) is 39.1 Å². The van der Waals surface area contributed by atoms with E-state index in [-0.39, 0.29) is 5.69 Å². The molecule has 0 amide bonds. The Morgan fingerprint density at radius 2 is 1.92 bits per heavy atom. The fourth-order valence-corrected chi connectivity index (χ4v) is 3.17. The number of rotatable bonds is 2. The molecule has 5 aromatic rings. The Morgan fingerprint density at radius 1 is 1.04 bits per heavy atom. The van der Waals surface area contributed by atoms with E-state index in [1.807, 2.05) is 37.3 Å². The van der Waals surface area contributed by atoms with Crippen molar-refractivity contribution in [1.82, 2.24) is 19.5 Å². The summed E-state index contributed by atoms with van der Waals surface area (Å²) in [5, 5.41) is 0.702. The summed E-state index contributed by atoms with van der Waals surface area (Å²) in [6.07, 6.45) is 4.93. The van der Waals surface area contributed by atoms with Crippen molar-refractivity contribution in [2.45, 2.75) is 6.92 Å². The minimum Gasteiger partial charge on any atom is -0.460 e. The number of furan rings is 1. The number of para-hydroxylation sites is 1. The summed E-state index contributed by atoms with van der Waals surface area (Å²) in [6.45, 7) is 1.82. The molecule has 126 valence electrons. The summed E-state index contributed by atoms with van der Waals surface area (Å²) >= 11 is 0. The molecule has 6 heteroatoms. The van der Waals surface area contributed by atoms with Gasteiger partial charge >= 0.3 is 0 Å². The van der Waals surface area contributed by atoms with Crippen molar-refractivity contribution in [3.63, 3.8) is 0 Å². The van der Waals surface area contributed by atoms with Gasteiger partial charge in [0.05, 0.1) is 22.9 Å². The average molecular weight is 344 g/mol. The third-order valence-corrected chi connectivity index (χ3v) is 4.37. The zero-order chi connectivity index (χ0) is 17.7. The number of aryl methyl sites for hydroxylation is 1. The summed E-state index contributed by atoms with van der Waals surface area (Å²) in [5.41, 5.74) is 2.74. The van der Waals surface area contributed by atoms with E-state index in [0.29, 0.717) is 33.6 Å². The predicted octanol–water partition coefficient (Wildman–Crippen LogP) is 4.68. The van der Waals surface area contributed by atoms with Crippen molar-refractivity contribution in [2.24, 2.45) is 0 Å². The Kier molecular flexibility index (Phi) is 3.12. The highest BCUT2D eigenvalue weighted by molar-refractivity contribution is 5.92. The first-order valence-corrected chi connectivity index (χ1v) is 8.15. The number of pyridine rings is 2. The smallest absolute Gasteiger partial charge is 0.177 e. The van der Waals surface area contributed by atoms with Crippen LogP contribution in [0.3, 0.4) is 0 Å². The Bertz CT molecular complexity index is 1270. The lowest BCUT2D eigenvalue weighted by Crippen LogP contribution is -2.02. The number of benzene rings is 1. The summed E-state index contributed by atoms with van der Waals surface area (Å²) in [4.78, 5) is 12.9. The molecule has 1 aromatic carbocycles. The molecule has 0 N–H and O–H groups in total. The van der Waals surface area contributed by atoms with E-state index in [1.54, 1.807) is 35.4 Å². The molecule has 0 aliphatic heterocycles. The normalized spacial score (nSPS) is 11.5. The summed E-state index contributed by atoms with van der Waals surface area (Å²) in [5.74, 6) is 0.655. The maximum atomic E-state index is 15.6. The SMILES string of the molecule is Cc1ccc(-c2nc3ccccc3c(-n3cnc4cnccc43)c2F)o1. The van der Waals surface area contributed by atoms with E-state index in [0.717, 1.165) is 5.52 Å². The van der Waals surface area contributed by atoms with Gasteiger partial charge in [-0.05, 0) is 31.2 Å². The molecular formula is C20H13FN4O. The van der Waals surface area contributed by atoms with Crippen molar-refractivity contribution in [2.75, 3.05) is 0 Å². The molecule has 0 saturated carbocycles. The Morgan fingerprint density at radius 3 is 2.77 bits per heavy atom. The number of hydrogen-bond donors (Lipinski definition) is 0. The molecule has 5 nitrogen and oxygen atoms in total.